The molecule has 272 valence electrons. The molecule has 0 rings (SSSR count). The summed E-state index contributed by atoms with van der Waals surface area (Å²) < 4.78 is 5.46. The Hall–Kier alpha value is -1.05. The van der Waals surface area contributed by atoms with Gasteiger partial charge < -0.3 is 4.74 Å². The number of unbranched alkanes of at least 4 members (excludes halogenated alkanes) is 27. The molecular formula is C44H84O2. The first-order valence-corrected chi connectivity index (χ1v) is 21.2. The molecule has 0 aliphatic carbocycles. The standard InChI is InChI=1S/C44H84O2/c1-4-6-7-8-9-10-11-12-19-23-26-29-32-35-38-41-44(45)46-42-39-36-33-30-27-24-21-18-16-14-13-15-17-20-22-25-28-31-34-37-40-43(3)5-2/h9-10,12,19,43H,4-8,11,13-18,20-42H2,1-3H3/b10-9-,19-12-. The molecular weight excluding hydrogens is 560 g/mol. The van der Waals surface area contributed by atoms with Gasteiger partial charge in [-0.05, 0) is 50.9 Å². The van der Waals surface area contributed by atoms with Crippen LogP contribution in [0.15, 0.2) is 24.3 Å². The Morgan fingerprint density at radius 2 is 0.870 bits per heavy atom. The van der Waals surface area contributed by atoms with Crippen molar-refractivity contribution in [3.8, 4) is 0 Å². The van der Waals surface area contributed by atoms with Gasteiger partial charge in [-0.15, -0.1) is 0 Å². The van der Waals surface area contributed by atoms with E-state index in [0.717, 1.165) is 31.6 Å². The van der Waals surface area contributed by atoms with Crippen molar-refractivity contribution in [2.75, 3.05) is 6.61 Å². The summed E-state index contributed by atoms with van der Waals surface area (Å²) in [5.74, 6) is 0.946. The van der Waals surface area contributed by atoms with Crippen LogP contribution >= 0.6 is 0 Å². The van der Waals surface area contributed by atoms with E-state index >= 15 is 0 Å². The number of allylic oxidation sites excluding steroid dienone is 4. The minimum absolute atomic E-state index is 0.0132. The highest BCUT2D eigenvalue weighted by molar-refractivity contribution is 5.69. The Kier molecular flexibility index (Phi) is 39.2. The lowest BCUT2D eigenvalue weighted by molar-refractivity contribution is -0.143. The molecule has 1 unspecified atom stereocenters. The van der Waals surface area contributed by atoms with E-state index in [-0.39, 0.29) is 5.97 Å². The van der Waals surface area contributed by atoms with Crippen molar-refractivity contribution in [1.82, 2.24) is 0 Å². The molecule has 0 amide bonds. The third kappa shape index (κ3) is 39.1. The average molecular weight is 645 g/mol. The van der Waals surface area contributed by atoms with Crippen molar-refractivity contribution in [2.24, 2.45) is 5.92 Å². The Bertz CT molecular complexity index is 636. The molecule has 2 heteroatoms. The van der Waals surface area contributed by atoms with Gasteiger partial charge in [0.2, 0.25) is 0 Å². The van der Waals surface area contributed by atoms with Gasteiger partial charge in [0, 0.05) is 6.42 Å². The topological polar surface area (TPSA) is 26.3 Å². The number of ether oxygens (including phenoxy) is 1. The fraction of sp³-hybridized carbons (Fsp3) is 0.886. The molecule has 0 aromatic heterocycles. The molecule has 0 spiro atoms. The minimum atomic E-state index is 0.0132. The monoisotopic (exact) mass is 645 g/mol. The summed E-state index contributed by atoms with van der Waals surface area (Å²) in [5, 5.41) is 0. The minimum Gasteiger partial charge on any atom is -0.466 e. The van der Waals surface area contributed by atoms with E-state index in [4.69, 9.17) is 4.74 Å². The van der Waals surface area contributed by atoms with E-state index < -0.39 is 0 Å². The van der Waals surface area contributed by atoms with Crippen LogP contribution in [0.3, 0.4) is 0 Å². The van der Waals surface area contributed by atoms with Gasteiger partial charge in [0.1, 0.15) is 0 Å². The number of hydrogen-bond donors (Lipinski definition) is 0. The van der Waals surface area contributed by atoms with Crippen LogP contribution in [0, 0.1) is 5.92 Å². The second kappa shape index (κ2) is 40.1. The maximum Gasteiger partial charge on any atom is 0.305 e. The summed E-state index contributed by atoms with van der Waals surface area (Å²) in [6.45, 7) is 7.59. The van der Waals surface area contributed by atoms with E-state index in [0.29, 0.717) is 13.0 Å². The van der Waals surface area contributed by atoms with E-state index in [2.05, 4.69) is 45.1 Å². The molecule has 0 aromatic rings. The Labute approximate surface area is 290 Å². The van der Waals surface area contributed by atoms with Crippen LogP contribution in [0.2, 0.25) is 0 Å². The van der Waals surface area contributed by atoms with Crippen LogP contribution in [0.25, 0.3) is 0 Å². The Morgan fingerprint density at radius 3 is 1.33 bits per heavy atom. The lowest BCUT2D eigenvalue weighted by Crippen LogP contribution is -2.05. The first-order valence-electron chi connectivity index (χ1n) is 21.2. The second-order valence-electron chi connectivity index (χ2n) is 14.6. The SMILES string of the molecule is CCCCC/C=C\C/C=C\CCCCCCCC(=O)OCCCCCCCCCCCCCCCCCCCCCCC(C)CC. The summed E-state index contributed by atoms with van der Waals surface area (Å²) in [6.07, 6.45) is 54.0. The van der Waals surface area contributed by atoms with Gasteiger partial charge in [0.25, 0.3) is 0 Å². The fourth-order valence-corrected chi connectivity index (χ4v) is 6.32. The molecule has 0 aliphatic rings. The number of esters is 1. The quantitative estimate of drug-likeness (QED) is 0.0380. The molecule has 0 N–H and O–H groups in total. The lowest BCUT2D eigenvalue weighted by atomic mass is 9.99. The summed E-state index contributed by atoms with van der Waals surface area (Å²) in [5.41, 5.74) is 0. The maximum atomic E-state index is 12.0. The maximum absolute atomic E-state index is 12.0. The molecule has 0 aliphatic heterocycles. The zero-order chi connectivity index (χ0) is 33.4. The Morgan fingerprint density at radius 1 is 0.478 bits per heavy atom. The molecule has 0 heterocycles. The van der Waals surface area contributed by atoms with Gasteiger partial charge in [0.15, 0.2) is 0 Å². The van der Waals surface area contributed by atoms with Crippen LogP contribution in [0.1, 0.15) is 239 Å². The van der Waals surface area contributed by atoms with Crippen LogP contribution in [0.4, 0.5) is 0 Å². The number of carbonyl (C=O) groups excluding carboxylic acids is 1. The van der Waals surface area contributed by atoms with Crippen molar-refractivity contribution in [1.29, 1.82) is 0 Å². The van der Waals surface area contributed by atoms with Gasteiger partial charge >= 0.3 is 5.97 Å². The van der Waals surface area contributed by atoms with Gasteiger partial charge in [-0.2, -0.15) is 0 Å². The number of hydrogen-bond acceptors (Lipinski definition) is 2. The second-order valence-corrected chi connectivity index (χ2v) is 14.6. The average Bonchev–Trinajstić information content (AvgIpc) is 3.06. The summed E-state index contributed by atoms with van der Waals surface area (Å²) >= 11 is 0. The molecule has 46 heavy (non-hydrogen) atoms. The summed E-state index contributed by atoms with van der Waals surface area (Å²) in [7, 11) is 0. The lowest BCUT2D eigenvalue weighted by Gasteiger charge is -2.07. The highest BCUT2D eigenvalue weighted by atomic mass is 16.5. The van der Waals surface area contributed by atoms with Crippen molar-refractivity contribution < 1.29 is 9.53 Å². The largest absolute Gasteiger partial charge is 0.466 e. The highest BCUT2D eigenvalue weighted by Gasteiger charge is 2.03. The first-order chi connectivity index (χ1) is 22.7. The predicted octanol–water partition coefficient (Wildman–Crippen LogP) is 15.6. The smallest absolute Gasteiger partial charge is 0.305 e. The van der Waals surface area contributed by atoms with E-state index in [9.17, 15) is 4.79 Å². The van der Waals surface area contributed by atoms with Gasteiger partial charge in [-0.1, -0.05) is 212 Å². The Balaban J connectivity index is 3.20. The molecule has 2 nitrogen and oxygen atoms in total. The third-order valence-corrected chi connectivity index (χ3v) is 9.88. The van der Waals surface area contributed by atoms with Crippen LogP contribution < -0.4 is 0 Å². The van der Waals surface area contributed by atoms with Gasteiger partial charge in [-0.3, -0.25) is 4.79 Å². The summed E-state index contributed by atoms with van der Waals surface area (Å²) in [4.78, 5) is 12.0. The molecule has 0 fully saturated rings. The number of carbonyl (C=O) groups is 1. The van der Waals surface area contributed by atoms with Crippen molar-refractivity contribution >= 4 is 5.97 Å². The zero-order valence-electron chi connectivity index (χ0n) is 32.0. The van der Waals surface area contributed by atoms with Crippen LogP contribution in [-0.2, 0) is 9.53 Å². The van der Waals surface area contributed by atoms with Gasteiger partial charge in [-0.25, -0.2) is 0 Å². The van der Waals surface area contributed by atoms with Crippen molar-refractivity contribution in [2.45, 2.75) is 239 Å². The third-order valence-electron chi connectivity index (χ3n) is 9.88. The summed E-state index contributed by atoms with van der Waals surface area (Å²) in [6, 6.07) is 0. The zero-order valence-corrected chi connectivity index (χ0v) is 32.0. The van der Waals surface area contributed by atoms with Crippen LogP contribution in [0.5, 0.6) is 0 Å². The number of rotatable bonds is 38. The molecule has 0 radical (unpaired) electrons. The van der Waals surface area contributed by atoms with Crippen molar-refractivity contribution in [3.05, 3.63) is 24.3 Å². The van der Waals surface area contributed by atoms with Crippen LogP contribution in [-0.4, -0.2) is 12.6 Å². The van der Waals surface area contributed by atoms with Gasteiger partial charge in [0.05, 0.1) is 6.61 Å². The highest BCUT2D eigenvalue weighted by Crippen LogP contribution is 2.17. The van der Waals surface area contributed by atoms with E-state index in [1.165, 1.54) is 186 Å². The first kappa shape index (κ1) is 45.0. The molecule has 1 atom stereocenters. The van der Waals surface area contributed by atoms with Crippen molar-refractivity contribution in [3.63, 3.8) is 0 Å². The molecule has 0 aromatic carbocycles. The predicted molar refractivity (Wildman–Crippen MR) is 207 cm³/mol. The van der Waals surface area contributed by atoms with E-state index in [1.54, 1.807) is 0 Å². The normalized spacial score (nSPS) is 12.5. The fourth-order valence-electron chi connectivity index (χ4n) is 6.32. The molecule has 0 saturated carbocycles. The molecule has 0 bridgehead atoms. The molecule has 0 saturated heterocycles. The van der Waals surface area contributed by atoms with E-state index in [1.807, 2.05) is 0 Å².